The molecule has 0 aliphatic carbocycles. The van der Waals surface area contributed by atoms with Gasteiger partial charge in [-0.15, -0.1) is 6.58 Å². The molecule has 130 valence electrons. The van der Waals surface area contributed by atoms with Crippen LogP contribution in [0.3, 0.4) is 0 Å². The zero-order valence-corrected chi connectivity index (χ0v) is 16.1. The quantitative estimate of drug-likeness (QED) is 0.394. The number of benzene rings is 3. The first-order valence-electron chi connectivity index (χ1n) is 8.59. The van der Waals surface area contributed by atoms with E-state index in [4.69, 9.17) is 4.74 Å². The van der Waals surface area contributed by atoms with Gasteiger partial charge in [-0.25, -0.2) is 0 Å². The number of hydrogen-bond acceptors (Lipinski definition) is 1. The first-order chi connectivity index (χ1) is 12.8. The highest BCUT2D eigenvalue weighted by Crippen LogP contribution is 2.39. The maximum absolute atomic E-state index is 6.14. The van der Waals surface area contributed by atoms with Crippen molar-refractivity contribution in [2.45, 2.75) is 6.10 Å². The summed E-state index contributed by atoms with van der Waals surface area (Å²) in [6, 6.07) is 31.0. The van der Waals surface area contributed by atoms with Crippen LogP contribution in [0.4, 0.5) is 0 Å². The number of hydrogen-bond donors (Lipinski definition) is 0. The Labute approximate surface area is 163 Å². The zero-order chi connectivity index (χ0) is 18.2. The summed E-state index contributed by atoms with van der Waals surface area (Å²) in [6.45, 7) is 4.27. The van der Waals surface area contributed by atoms with E-state index in [-0.39, 0.29) is 6.10 Å². The van der Waals surface area contributed by atoms with Gasteiger partial charge in [-0.2, -0.15) is 0 Å². The molecular weight excluding hydrogens is 384 g/mol. The van der Waals surface area contributed by atoms with E-state index in [9.17, 15) is 0 Å². The molecule has 0 N–H and O–H groups in total. The minimum absolute atomic E-state index is 0.204. The average Bonchev–Trinajstić information content (AvgIpc) is 2.71. The number of ether oxygens (including phenoxy) is 1. The van der Waals surface area contributed by atoms with Crippen LogP contribution in [0.1, 0.15) is 22.8 Å². The fourth-order valence-electron chi connectivity index (χ4n) is 2.89. The molecule has 3 aromatic rings. The summed E-state index contributed by atoms with van der Waals surface area (Å²) in [7, 11) is 0. The molecular formula is C24H21BrO. The minimum atomic E-state index is -0.204. The van der Waals surface area contributed by atoms with Crippen LogP contribution < -0.4 is 0 Å². The van der Waals surface area contributed by atoms with Crippen molar-refractivity contribution in [1.29, 1.82) is 0 Å². The van der Waals surface area contributed by atoms with Crippen molar-refractivity contribution in [3.63, 3.8) is 0 Å². The van der Waals surface area contributed by atoms with Crippen molar-refractivity contribution in [1.82, 2.24) is 0 Å². The van der Waals surface area contributed by atoms with Gasteiger partial charge in [-0.05, 0) is 16.7 Å². The van der Waals surface area contributed by atoms with Gasteiger partial charge in [0.25, 0.3) is 0 Å². The van der Waals surface area contributed by atoms with Crippen molar-refractivity contribution >= 4 is 21.5 Å². The third kappa shape index (κ3) is 4.40. The van der Waals surface area contributed by atoms with Crippen molar-refractivity contribution in [3.05, 3.63) is 125 Å². The van der Waals surface area contributed by atoms with Crippen LogP contribution in [-0.4, -0.2) is 6.61 Å². The van der Waals surface area contributed by atoms with E-state index in [1.807, 2.05) is 30.3 Å². The maximum Gasteiger partial charge on any atom is 0.115 e. The lowest BCUT2D eigenvalue weighted by atomic mass is 9.94. The molecule has 0 spiro atoms. The Morgan fingerprint density at radius 2 is 1.27 bits per heavy atom. The first kappa shape index (κ1) is 18.4. The molecule has 0 saturated heterocycles. The normalized spacial score (nSPS) is 11.6. The second-order valence-corrected chi connectivity index (χ2v) is 6.72. The molecule has 0 amide bonds. The topological polar surface area (TPSA) is 9.23 Å². The molecule has 1 nitrogen and oxygen atoms in total. The molecule has 2 heteroatoms. The van der Waals surface area contributed by atoms with Gasteiger partial charge in [0.05, 0.1) is 6.61 Å². The van der Waals surface area contributed by atoms with E-state index in [1.165, 1.54) is 0 Å². The summed E-state index contributed by atoms with van der Waals surface area (Å²) >= 11 is 3.87. The smallest absolute Gasteiger partial charge is 0.115 e. The Bertz CT molecular complexity index is 813. The molecule has 0 heterocycles. The molecule has 0 fully saturated rings. The highest BCUT2D eigenvalue weighted by molar-refractivity contribution is 9.11. The summed E-state index contributed by atoms with van der Waals surface area (Å²) in [5.41, 5.74) is 4.53. The van der Waals surface area contributed by atoms with Gasteiger partial charge in [0.15, 0.2) is 0 Å². The van der Waals surface area contributed by atoms with Crippen LogP contribution in [-0.2, 0) is 4.74 Å². The molecule has 26 heavy (non-hydrogen) atoms. The Morgan fingerprint density at radius 3 is 1.73 bits per heavy atom. The average molecular weight is 405 g/mol. The number of halogens is 1. The fraction of sp³-hybridized carbons (Fsp3) is 0.0833. The molecule has 1 atom stereocenters. The lowest BCUT2D eigenvalue weighted by Crippen LogP contribution is -2.07. The molecule has 3 rings (SSSR count). The third-order valence-electron chi connectivity index (χ3n) is 4.08. The van der Waals surface area contributed by atoms with Gasteiger partial charge in [0.1, 0.15) is 6.10 Å². The first-order valence-corrected chi connectivity index (χ1v) is 9.38. The van der Waals surface area contributed by atoms with E-state index in [1.54, 1.807) is 6.08 Å². The standard InChI is InChI=1S/C24H21BrO/c1-2-18-26-24(21-16-10-5-11-17-21)23(25)22(19-12-6-3-7-13-19)20-14-8-4-9-15-20/h2-17,24H,1,18H2. The van der Waals surface area contributed by atoms with Gasteiger partial charge in [-0.3, -0.25) is 0 Å². The Kier molecular flexibility index (Phi) is 6.59. The SMILES string of the molecule is C=CCOC(C(Br)=C(c1ccccc1)c1ccccc1)c1ccccc1. The van der Waals surface area contributed by atoms with Gasteiger partial charge in [0, 0.05) is 10.1 Å². The van der Waals surface area contributed by atoms with Crippen LogP contribution in [0.5, 0.6) is 0 Å². The van der Waals surface area contributed by atoms with E-state index in [0.717, 1.165) is 26.7 Å². The van der Waals surface area contributed by atoms with Crippen LogP contribution in [0.15, 0.2) is 108 Å². The van der Waals surface area contributed by atoms with E-state index < -0.39 is 0 Å². The molecule has 0 aliphatic rings. The van der Waals surface area contributed by atoms with Crippen molar-refractivity contribution in [2.24, 2.45) is 0 Å². The van der Waals surface area contributed by atoms with Gasteiger partial charge < -0.3 is 4.74 Å². The van der Waals surface area contributed by atoms with Crippen molar-refractivity contribution in [2.75, 3.05) is 6.61 Å². The predicted octanol–water partition coefficient (Wildman–Crippen LogP) is 6.78. The molecule has 0 radical (unpaired) electrons. The summed E-state index contributed by atoms with van der Waals surface area (Å²) < 4.78 is 7.14. The second-order valence-electron chi connectivity index (χ2n) is 5.87. The largest absolute Gasteiger partial charge is 0.364 e. The van der Waals surface area contributed by atoms with Crippen LogP contribution in [0.25, 0.3) is 5.57 Å². The summed E-state index contributed by atoms with van der Waals surface area (Å²) in [5.74, 6) is 0. The summed E-state index contributed by atoms with van der Waals surface area (Å²) in [5, 5.41) is 0. The Balaban J connectivity index is 2.17. The third-order valence-corrected chi connectivity index (χ3v) is 4.89. The lowest BCUT2D eigenvalue weighted by molar-refractivity contribution is 0.108. The summed E-state index contributed by atoms with van der Waals surface area (Å²) in [6.07, 6.45) is 1.57. The highest BCUT2D eigenvalue weighted by atomic mass is 79.9. The monoisotopic (exact) mass is 404 g/mol. The predicted molar refractivity (Wildman–Crippen MR) is 113 cm³/mol. The van der Waals surface area contributed by atoms with E-state index in [2.05, 4.69) is 83.2 Å². The lowest BCUT2D eigenvalue weighted by Gasteiger charge is -2.21. The van der Waals surface area contributed by atoms with Crippen molar-refractivity contribution < 1.29 is 4.74 Å². The minimum Gasteiger partial charge on any atom is -0.364 e. The highest BCUT2D eigenvalue weighted by Gasteiger charge is 2.21. The van der Waals surface area contributed by atoms with Crippen LogP contribution in [0, 0.1) is 0 Å². The second kappa shape index (κ2) is 9.33. The molecule has 0 saturated carbocycles. The summed E-state index contributed by atoms with van der Waals surface area (Å²) in [4.78, 5) is 0. The Hall–Kier alpha value is -2.42. The molecule has 0 bridgehead atoms. The van der Waals surface area contributed by atoms with Crippen LogP contribution >= 0.6 is 15.9 Å². The van der Waals surface area contributed by atoms with E-state index in [0.29, 0.717) is 6.61 Å². The van der Waals surface area contributed by atoms with Gasteiger partial charge in [0.2, 0.25) is 0 Å². The van der Waals surface area contributed by atoms with E-state index >= 15 is 0 Å². The number of rotatable bonds is 7. The maximum atomic E-state index is 6.14. The fourth-order valence-corrected chi connectivity index (χ4v) is 3.75. The van der Waals surface area contributed by atoms with Gasteiger partial charge in [-0.1, -0.05) is 113 Å². The molecule has 1 unspecified atom stereocenters. The van der Waals surface area contributed by atoms with Crippen LogP contribution in [0.2, 0.25) is 0 Å². The van der Waals surface area contributed by atoms with Gasteiger partial charge >= 0.3 is 0 Å². The molecule has 0 aliphatic heterocycles. The zero-order valence-electron chi connectivity index (χ0n) is 14.5. The molecule has 3 aromatic carbocycles. The molecule has 0 aromatic heterocycles. The van der Waals surface area contributed by atoms with Crippen molar-refractivity contribution in [3.8, 4) is 0 Å². The Morgan fingerprint density at radius 1 is 0.808 bits per heavy atom.